The average Bonchev–Trinajstić information content (AvgIpc) is 2.67. The summed E-state index contributed by atoms with van der Waals surface area (Å²) in [5.74, 6) is -0.917. The van der Waals surface area contributed by atoms with Crippen LogP contribution in [0.5, 0.6) is 5.75 Å². The fourth-order valence-electron chi connectivity index (χ4n) is 3.02. The summed E-state index contributed by atoms with van der Waals surface area (Å²) >= 11 is 0. The molecule has 6 nitrogen and oxygen atoms in total. The lowest BCUT2D eigenvalue weighted by Crippen LogP contribution is -2.47. The van der Waals surface area contributed by atoms with Crippen molar-refractivity contribution in [2.75, 3.05) is 5.32 Å². The normalized spacial score (nSPS) is 12.8. The zero-order chi connectivity index (χ0) is 21.2. The highest BCUT2D eigenvalue weighted by molar-refractivity contribution is 7.89. The molecular formula is C22H24N2O4S. The molecule has 0 aromatic heterocycles. The Kier molecular flexibility index (Phi) is 5.91. The van der Waals surface area contributed by atoms with Crippen molar-refractivity contribution in [1.29, 1.82) is 0 Å². The molecule has 0 radical (unpaired) electrons. The Labute approximate surface area is 170 Å². The number of benzene rings is 3. The lowest BCUT2D eigenvalue weighted by Gasteiger charge is -2.22. The van der Waals surface area contributed by atoms with E-state index in [9.17, 15) is 18.3 Å². The summed E-state index contributed by atoms with van der Waals surface area (Å²) in [6, 6.07) is 16.1. The van der Waals surface area contributed by atoms with Crippen LogP contribution in [0.25, 0.3) is 10.8 Å². The van der Waals surface area contributed by atoms with E-state index < -0.39 is 22.0 Å². The molecular weight excluding hydrogens is 388 g/mol. The predicted molar refractivity (Wildman–Crippen MR) is 114 cm³/mol. The molecule has 3 N–H and O–H groups in total. The van der Waals surface area contributed by atoms with E-state index >= 15 is 0 Å². The maximum atomic E-state index is 12.9. The number of carbonyl (C=O) groups excluding carboxylic acids is 1. The van der Waals surface area contributed by atoms with Crippen LogP contribution in [0.15, 0.2) is 65.6 Å². The van der Waals surface area contributed by atoms with Crippen LogP contribution < -0.4 is 10.0 Å². The number of hydrogen-bond donors (Lipinski definition) is 3. The minimum atomic E-state index is -3.92. The van der Waals surface area contributed by atoms with Gasteiger partial charge in [-0.15, -0.1) is 0 Å². The Morgan fingerprint density at radius 3 is 2.31 bits per heavy atom. The molecule has 0 saturated heterocycles. The number of hydrogen-bond acceptors (Lipinski definition) is 4. The molecule has 3 rings (SSSR count). The Hall–Kier alpha value is -2.90. The largest absolute Gasteiger partial charge is 0.506 e. The second kappa shape index (κ2) is 8.23. The third kappa shape index (κ3) is 4.75. The van der Waals surface area contributed by atoms with Crippen LogP contribution in [0.3, 0.4) is 0 Å². The van der Waals surface area contributed by atoms with E-state index in [1.54, 1.807) is 38.1 Å². The topological polar surface area (TPSA) is 95.5 Å². The van der Waals surface area contributed by atoms with E-state index in [4.69, 9.17) is 0 Å². The molecule has 152 valence electrons. The van der Waals surface area contributed by atoms with Gasteiger partial charge in [0.05, 0.1) is 10.6 Å². The minimum absolute atomic E-state index is 0.0711. The molecule has 3 aromatic rings. The van der Waals surface area contributed by atoms with Gasteiger partial charge in [0.15, 0.2) is 0 Å². The van der Waals surface area contributed by atoms with Crippen LogP contribution in [0.2, 0.25) is 0 Å². The number of phenolic OH excluding ortho intramolecular Hbond substituents is 1. The summed E-state index contributed by atoms with van der Waals surface area (Å²) < 4.78 is 28.3. The number of aromatic hydroxyl groups is 1. The number of anilines is 1. The molecule has 3 aromatic carbocycles. The summed E-state index contributed by atoms with van der Waals surface area (Å²) in [4.78, 5) is 12.9. The van der Waals surface area contributed by atoms with E-state index in [1.807, 2.05) is 31.2 Å². The molecule has 0 fully saturated rings. The maximum absolute atomic E-state index is 12.9. The Balaban J connectivity index is 1.85. The molecule has 1 amide bonds. The summed E-state index contributed by atoms with van der Waals surface area (Å²) in [5.41, 5.74) is 1.08. The third-order valence-corrected chi connectivity index (χ3v) is 6.11. The maximum Gasteiger partial charge on any atom is 0.242 e. The van der Waals surface area contributed by atoms with Crippen LogP contribution in [-0.4, -0.2) is 25.5 Å². The second-order valence-corrected chi connectivity index (χ2v) is 9.08. The van der Waals surface area contributed by atoms with Gasteiger partial charge in [-0.2, -0.15) is 4.72 Å². The number of nitrogens with one attached hydrogen (secondary N) is 2. The van der Waals surface area contributed by atoms with Gasteiger partial charge in [0.25, 0.3) is 0 Å². The van der Waals surface area contributed by atoms with Crippen LogP contribution in [0.4, 0.5) is 5.69 Å². The number of amides is 1. The molecule has 0 saturated carbocycles. The van der Waals surface area contributed by atoms with E-state index in [0.717, 1.165) is 16.3 Å². The highest BCUT2D eigenvalue weighted by Crippen LogP contribution is 2.25. The molecule has 0 aliphatic rings. The predicted octanol–water partition coefficient (Wildman–Crippen LogP) is 3.80. The standard InChI is InChI=1S/C22H24N2O4S/c1-14(2)21(22(26)23-19-11-8-15(3)12-20(19)25)24-29(27,28)18-10-9-16-6-4-5-7-17(16)13-18/h4-14,21,24-25H,1-3H3,(H,23,26). The monoisotopic (exact) mass is 412 g/mol. The zero-order valence-corrected chi connectivity index (χ0v) is 17.3. The third-order valence-electron chi connectivity index (χ3n) is 4.67. The van der Waals surface area contributed by atoms with Gasteiger partial charge in [-0.1, -0.05) is 50.2 Å². The van der Waals surface area contributed by atoms with Gasteiger partial charge in [-0.05, 0) is 53.4 Å². The molecule has 29 heavy (non-hydrogen) atoms. The van der Waals surface area contributed by atoms with Crippen LogP contribution >= 0.6 is 0 Å². The fraction of sp³-hybridized carbons (Fsp3) is 0.227. The quantitative estimate of drug-likeness (QED) is 0.537. The first-order chi connectivity index (χ1) is 13.7. The lowest BCUT2D eigenvalue weighted by molar-refractivity contribution is -0.118. The SMILES string of the molecule is Cc1ccc(NC(=O)C(NS(=O)(=O)c2ccc3ccccc3c2)C(C)C)c(O)c1. The van der Waals surface area contributed by atoms with Gasteiger partial charge < -0.3 is 10.4 Å². The van der Waals surface area contributed by atoms with Crippen molar-refractivity contribution >= 4 is 32.4 Å². The van der Waals surface area contributed by atoms with Crippen molar-refractivity contribution in [3.8, 4) is 5.75 Å². The van der Waals surface area contributed by atoms with Crippen molar-refractivity contribution in [1.82, 2.24) is 4.72 Å². The molecule has 0 spiro atoms. The second-order valence-electron chi connectivity index (χ2n) is 7.36. The molecule has 0 heterocycles. The Morgan fingerprint density at radius 2 is 1.66 bits per heavy atom. The van der Waals surface area contributed by atoms with Gasteiger partial charge >= 0.3 is 0 Å². The van der Waals surface area contributed by atoms with Crippen molar-refractivity contribution in [3.63, 3.8) is 0 Å². The van der Waals surface area contributed by atoms with Gasteiger partial charge in [-0.3, -0.25) is 4.79 Å². The zero-order valence-electron chi connectivity index (χ0n) is 16.5. The number of aryl methyl sites for hydroxylation is 1. The first kappa shape index (κ1) is 20.8. The first-order valence-corrected chi connectivity index (χ1v) is 10.8. The molecule has 1 unspecified atom stereocenters. The Bertz CT molecular complexity index is 1160. The van der Waals surface area contributed by atoms with Crippen molar-refractivity contribution in [2.45, 2.75) is 31.7 Å². The fourth-order valence-corrected chi connectivity index (χ4v) is 4.40. The molecule has 7 heteroatoms. The molecule has 0 aliphatic carbocycles. The van der Waals surface area contributed by atoms with E-state index in [1.165, 1.54) is 12.1 Å². The van der Waals surface area contributed by atoms with E-state index in [0.29, 0.717) is 0 Å². The van der Waals surface area contributed by atoms with Gasteiger partial charge in [0.1, 0.15) is 11.8 Å². The van der Waals surface area contributed by atoms with Gasteiger partial charge in [0.2, 0.25) is 15.9 Å². The van der Waals surface area contributed by atoms with Crippen LogP contribution in [-0.2, 0) is 14.8 Å². The summed E-state index contributed by atoms with van der Waals surface area (Å²) in [6.45, 7) is 5.32. The summed E-state index contributed by atoms with van der Waals surface area (Å²) in [7, 11) is -3.92. The molecule has 1 atom stereocenters. The lowest BCUT2D eigenvalue weighted by atomic mass is 10.0. The number of fused-ring (bicyclic) bond motifs is 1. The van der Waals surface area contributed by atoms with Crippen molar-refractivity contribution in [2.24, 2.45) is 5.92 Å². The van der Waals surface area contributed by atoms with Gasteiger partial charge in [-0.25, -0.2) is 8.42 Å². The van der Waals surface area contributed by atoms with Crippen molar-refractivity contribution in [3.05, 3.63) is 66.2 Å². The number of rotatable bonds is 6. The first-order valence-electron chi connectivity index (χ1n) is 9.29. The number of phenols is 1. The molecule has 0 aliphatic heterocycles. The van der Waals surface area contributed by atoms with Gasteiger partial charge in [0, 0.05) is 0 Å². The minimum Gasteiger partial charge on any atom is -0.506 e. The number of carbonyl (C=O) groups is 1. The smallest absolute Gasteiger partial charge is 0.242 e. The van der Waals surface area contributed by atoms with E-state index in [-0.39, 0.29) is 22.3 Å². The van der Waals surface area contributed by atoms with Crippen molar-refractivity contribution < 1.29 is 18.3 Å². The van der Waals surface area contributed by atoms with Crippen LogP contribution in [0, 0.1) is 12.8 Å². The van der Waals surface area contributed by atoms with Crippen LogP contribution in [0.1, 0.15) is 19.4 Å². The van der Waals surface area contributed by atoms with E-state index in [2.05, 4.69) is 10.0 Å². The summed E-state index contributed by atoms with van der Waals surface area (Å²) in [6.07, 6.45) is 0. The number of sulfonamides is 1. The Morgan fingerprint density at radius 1 is 0.966 bits per heavy atom. The highest BCUT2D eigenvalue weighted by Gasteiger charge is 2.29. The highest BCUT2D eigenvalue weighted by atomic mass is 32.2. The average molecular weight is 413 g/mol. The summed E-state index contributed by atoms with van der Waals surface area (Å²) in [5, 5.41) is 14.4. The molecule has 0 bridgehead atoms.